The lowest BCUT2D eigenvalue weighted by atomic mass is 10.2. The van der Waals surface area contributed by atoms with E-state index in [1.54, 1.807) is 13.1 Å². The van der Waals surface area contributed by atoms with E-state index >= 15 is 0 Å². The Hall–Kier alpha value is -1.32. The molecule has 0 aliphatic carbocycles. The molecule has 0 fully saturated rings. The third-order valence-corrected chi connectivity index (χ3v) is 1.35. The zero-order valence-electron chi connectivity index (χ0n) is 8.37. The fraction of sp³-hybridized carbons (Fsp3) is 0.556. The Morgan fingerprint density at radius 2 is 2.00 bits per heavy atom. The first-order chi connectivity index (χ1) is 5.88. The van der Waals surface area contributed by atoms with Crippen molar-refractivity contribution in [2.24, 2.45) is 7.05 Å². The van der Waals surface area contributed by atoms with E-state index in [2.05, 4.69) is 5.10 Å². The minimum absolute atomic E-state index is 0.138. The summed E-state index contributed by atoms with van der Waals surface area (Å²) in [6, 6.07) is 3.02. The standard InChI is InChI=1S/C9H14N2O2/c1-9(2,3)13-7-5-6-8(12)11(4)10-7/h5-6H,1-4H3. The van der Waals surface area contributed by atoms with Crippen molar-refractivity contribution in [3.8, 4) is 5.88 Å². The zero-order chi connectivity index (χ0) is 10.1. The third kappa shape index (κ3) is 2.89. The minimum atomic E-state index is -0.287. The summed E-state index contributed by atoms with van der Waals surface area (Å²) in [7, 11) is 1.60. The van der Waals surface area contributed by atoms with Gasteiger partial charge >= 0.3 is 0 Å². The molecule has 13 heavy (non-hydrogen) atoms. The van der Waals surface area contributed by atoms with Crippen LogP contribution in [0.25, 0.3) is 0 Å². The Morgan fingerprint density at radius 1 is 1.38 bits per heavy atom. The number of nitrogens with zero attached hydrogens (tertiary/aromatic N) is 2. The van der Waals surface area contributed by atoms with E-state index in [4.69, 9.17) is 4.74 Å². The Morgan fingerprint density at radius 3 is 2.46 bits per heavy atom. The Labute approximate surface area is 77.1 Å². The number of hydrogen-bond donors (Lipinski definition) is 0. The lowest BCUT2D eigenvalue weighted by Crippen LogP contribution is -2.26. The number of ether oxygens (including phenoxy) is 1. The molecule has 0 aliphatic heterocycles. The van der Waals surface area contributed by atoms with Crippen molar-refractivity contribution >= 4 is 0 Å². The number of hydrogen-bond acceptors (Lipinski definition) is 3. The van der Waals surface area contributed by atoms with Gasteiger partial charge in [-0.05, 0) is 20.8 Å². The van der Waals surface area contributed by atoms with Gasteiger partial charge in [-0.1, -0.05) is 0 Å². The molecule has 1 rings (SSSR count). The highest BCUT2D eigenvalue weighted by molar-refractivity contribution is 5.07. The van der Waals surface area contributed by atoms with Crippen molar-refractivity contribution < 1.29 is 4.74 Å². The first-order valence-electron chi connectivity index (χ1n) is 4.12. The van der Waals surface area contributed by atoms with E-state index in [1.165, 1.54) is 10.7 Å². The quantitative estimate of drug-likeness (QED) is 0.649. The molecule has 0 bridgehead atoms. The van der Waals surface area contributed by atoms with Crippen LogP contribution < -0.4 is 10.3 Å². The molecule has 0 saturated heterocycles. The van der Waals surface area contributed by atoms with E-state index in [1.807, 2.05) is 20.8 Å². The van der Waals surface area contributed by atoms with Gasteiger partial charge in [0.05, 0.1) is 0 Å². The highest BCUT2D eigenvalue weighted by Crippen LogP contribution is 2.12. The predicted molar refractivity (Wildman–Crippen MR) is 49.9 cm³/mol. The van der Waals surface area contributed by atoms with Crippen LogP contribution in [0.2, 0.25) is 0 Å². The second-order valence-corrected chi connectivity index (χ2v) is 3.85. The monoisotopic (exact) mass is 182 g/mol. The normalized spacial score (nSPS) is 11.4. The Kier molecular flexibility index (Phi) is 2.40. The van der Waals surface area contributed by atoms with Gasteiger partial charge in [0.1, 0.15) is 5.60 Å². The molecule has 0 amide bonds. The minimum Gasteiger partial charge on any atom is -0.471 e. The lowest BCUT2D eigenvalue weighted by molar-refractivity contribution is 0.121. The van der Waals surface area contributed by atoms with Crippen LogP contribution >= 0.6 is 0 Å². The van der Waals surface area contributed by atoms with Gasteiger partial charge in [-0.3, -0.25) is 4.79 Å². The fourth-order valence-corrected chi connectivity index (χ4v) is 0.849. The van der Waals surface area contributed by atoms with Gasteiger partial charge in [0.25, 0.3) is 5.56 Å². The molecular weight excluding hydrogens is 168 g/mol. The maximum Gasteiger partial charge on any atom is 0.266 e. The molecule has 72 valence electrons. The average molecular weight is 182 g/mol. The van der Waals surface area contributed by atoms with Crippen LogP contribution in [0.3, 0.4) is 0 Å². The summed E-state index contributed by atoms with van der Waals surface area (Å²) in [4.78, 5) is 11.0. The SMILES string of the molecule is Cn1nc(OC(C)(C)C)ccc1=O. The number of aromatic nitrogens is 2. The highest BCUT2D eigenvalue weighted by atomic mass is 16.5. The second kappa shape index (κ2) is 3.20. The molecule has 0 unspecified atom stereocenters. The summed E-state index contributed by atoms with van der Waals surface area (Å²) >= 11 is 0. The Balaban J connectivity index is 2.92. The van der Waals surface area contributed by atoms with Crippen molar-refractivity contribution in [2.45, 2.75) is 26.4 Å². The van der Waals surface area contributed by atoms with Crippen LogP contribution in [0.5, 0.6) is 5.88 Å². The Bertz CT molecular complexity index is 349. The van der Waals surface area contributed by atoms with Crippen LogP contribution in [0, 0.1) is 0 Å². The summed E-state index contributed by atoms with van der Waals surface area (Å²) in [6.07, 6.45) is 0. The smallest absolute Gasteiger partial charge is 0.266 e. The van der Waals surface area contributed by atoms with Gasteiger partial charge in [0, 0.05) is 19.2 Å². The van der Waals surface area contributed by atoms with E-state index in [0.717, 1.165) is 0 Å². The van der Waals surface area contributed by atoms with Gasteiger partial charge in [-0.2, -0.15) is 0 Å². The maximum absolute atomic E-state index is 11.0. The summed E-state index contributed by atoms with van der Waals surface area (Å²) < 4.78 is 6.72. The molecule has 4 nitrogen and oxygen atoms in total. The third-order valence-electron chi connectivity index (χ3n) is 1.35. The molecule has 0 saturated carbocycles. The molecule has 1 heterocycles. The van der Waals surface area contributed by atoms with Gasteiger partial charge in [0.15, 0.2) is 0 Å². The van der Waals surface area contributed by atoms with E-state index in [0.29, 0.717) is 5.88 Å². The van der Waals surface area contributed by atoms with Crippen LogP contribution in [-0.4, -0.2) is 15.4 Å². The molecule has 1 aromatic heterocycles. The molecule has 0 atom stereocenters. The maximum atomic E-state index is 11.0. The van der Waals surface area contributed by atoms with Crippen LogP contribution in [-0.2, 0) is 7.05 Å². The number of aryl methyl sites for hydroxylation is 1. The van der Waals surface area contributed by atoms with Gasteiger partial charge in [0.2, 0.25) is 5.88 Å². The predicted octanol–water partition coefficient (Wildman–Crippen LogP) is 0.958. The van der Waals surface area contributed by atoms with Gasteiger partial charge in [-0.15, -0.1) is 5.10 Å². The lowest BCUT2D eigenvalue weighted by Gasteiger charge is -2.20. The molecule has 0 N–H and O–H groups in total. The topological polar surface area (TPSA) is 44.1 Å². The van der Waals surface area contributed by atoms with Crippen LogP contribution in [0.15, 0.2) is 16.9 Å². The molecule has 0 radical (unpaired) electrons. The average Bonchev–Trinajstić information content (AvgIpc) is 1.94. The molecule has 4 heteroatoms. The molecule has 0 spiro atoms. The highest BCUT2D eigenvalue weighted by Gasteiger charge is 2.12. The van der Waals surface area contributed by atoms with Crippen molar-refractivity contribution in [3.63, 3.8) is 0 Å². The van der Waals surface area contributed by atoms with E-state index in [-0.39, 0.29) is 11.2 Å². The first kappa shape index (κ1) is 9.77. The molecule has 0 aliphatic rings. The van der Waals surface area contributed by atoms with Gasteiger partial charge < -0.3 is 4.74 Å². The van der Waals surface area contributed by atoms with E-state index in [9.17, 15) is 4.79 Å². The summed E-state index contributed by atoms with van der Waals surface area (Å²) in [5.41, 5.74) is -0.425. The van der Waals surface area contributed by atoms with Crippen molar-refractivity contribution in [3.05, 3.63) is 22.5 Å². The van der Waals surface area contributed by atoms with Crippen LogP contribution in [0.1, 0.15) is 20.8 Å². The van der Waals surface area contributed by atoms with E-state index < -0.39 is 0 Å². The molecule has 0 aromatic carbocycles. The zero-order valence-corrected chi connectivity index (χ0v) is 8.37. The summed E-state index contributed by atoms with van der Waals surface area (Å²) in [5.74, 6) is 0.467. The largest absolute Gasteiger partial charge is 0.471 e. The van der Waals surface area contributed by atoms with Crippen molar-refractivity contribution in [1.29, 1.82) is 0 Å². The number of rotatable bonds is 1. The molecule has 1 aromatic rings. The van der Waals surface area contributed by atoms with Crippen molar-refractivity contribution in [1.82, 2.24) is 9.78 Å². The van der Waals surface area contributed by atoms with Crippen molar-refractivity contribution in [2.75, 3.05) is 0 Å². The van der Waals surface area contributed by atoms with Crippen LogP contribution in [0.4, 0.5) is 0 Å². The van der Waals surface area contributed by atoms with Gasteiger partial charge in [-0.25, -0.2) is 4.68 Å². The first-order valence-corrected chi connectivity index (χ1v) is 4.12. The summed E-state index contributed by atoms with van der Waals surface area (Å²) in [5, 5.41) is 3.94. The molecular formula is C9H14N2O2. The fourth-order valence-electron chi connectivity index (χ4n) is 0.849. The summed E-state index contributed by atoms with van der Waals surface area (Å²) in [6.45, 7) is 5.79. The second-order valence-electron chi connectivity index (χ2n) is 3.85.